The zero-order chi connectivity index (χ0) is 15.7. The van der Waals surface area contributed by atoms with Crippen LogP contribution in [0.2, 0.25) is 0 Å². The Morgan fingerprint density at radius 2 is 2.00 bits per heavy atom. The Kier molecular flexibility index (Phi) is 3.61. The average Bonchev–Trinajstić information content (AvgIpc) is 2.83. The molecule has 5 nitrogen and oxygen atoms in total. The molecule has 1 aromatic carbocycles. The van der Waals surface area contributed by atoms with Crippen LogP contribution in [0.25, 0.3) is 0 Å². The monoisotopic (exact) mass is 310 g/mol. The zero-order valence-electron chi connectivity index (χ0n) is 11.4. The molecule has 0 radical (unpaired) electrons. The van der Waals surface area contributed by atoms with E-state index in [0.29, 0.717) is 5.56 Å². The third kappa shape index (κ3) is 2.82. The van der Waals surface area contributed by atoms with Crippen molar-refractivity contribution in [3.8, 4) is 0 Å². The first-order valence-electron chi connectivity index (χ1n) is 6.60. The average molecular weight is 310 g/mol. The second-order valence-corrected chi connectivity index (χ2v) is 5.14. The van der Waals surface area contributed by atoms with Crippen molar-refractivity contribution >= 4 is 11.6 Å². The Hall–Kier alpha value is -2.35. The van der Waals surface area contributed by atoms with Crippen molar-refractivity contribution in [3.63, 3.8) is 0 Å². The molecule has 116 valence electrons. The predicted molar refractivity (Wildman–Crippen MR) is 73.5 cm³/mol. The van der Waals surface area contributed by atoms with Gasteiger partial charge in [-0.2, -0.15) is 0 Å². The van der Waals surface area contributed by atoms with Crippen molar-refractivity contribution in [1.29, 1.82) is 0 Å². The fraction of sp³-hybridized carbons (Fsp3) is 0.286. The first kappa shape index (κ1) is 14.6. The van der Waals surface area contributed by atoms with Gasteiger partial charge >= 0.3 is 0 Å². The van der Waals surface area contributed by atoms with Crippen molar-refractivity contribution in [2.24, 2.45) is 0 Å². The van der Waals surface area contributed by atoms with E-state index in [2.05, 4.69) is 9.97 Å². The molecule has 1 aromatic heterocycles. The van der Waals surface area contributed by atoms with E-state index in [1.165, 1.54) is 35.5 Å². The highest BCUT2D eigenvalue weighted by atomic mass is 19.3. The topological polar surface area (TPSA) is 61.3 Å². The third-order valence-electron chi connectivity index (χ3n) is 3.53. The second kappa shape index (κ2) is 5.45. The summed E-state index contributed by atoms with van der Waals surface area (Å²) in [5, 5.41) is 8.73. The maximum Gasteiger partial charge on any atom is 0.267 e. The number of hydrogen-bond acceptors (Lipinski definition) is 5. The first-order chi connectivity index (χ1) is 10.5. The fourth-order valence-corrected chi connectivity index (χ4v) is 2.57. The Morgan fingerprint density at radius 1 is 1.27 bits per heavy atom. The van der Waals surface area contributed by atoms with Crippen molar-refractivity contribution < 1.29 is 18.4 Å². The van der Waals surface area contributed by atoms with E-state index in [1.54, 1.807) is 6.07 Å². The van der Waals surface area contributed by atoms with Crippen LogP contribution in [0.3, 0.4) is 0 Å². The van der Waals surface area contributed by atoms with Gasteiger partial charge in [-0.25, -0.2) is 23.1 Å². The number of nitrogens with zero attached hydrogens (tertiary/aromatic N) is 3. The summed E-state index contributed by atoms with van der Waals surface area (Å²) >= 11 is 0. The molecule has 1 unspecified atom stereocenters. The van der Waals surface area contributed by atoms with Gasteiger partial charge in [-0.1, -0.05) is 12.1 Å². The molecule has 1 saturated heterocycles. The molecule has 2 aromatic rings. The van der Waals surface area contributed by atoms with Gasteiger partial charge in [0, 0.05) is 6.42 Å². The van der Waals surface area contributed by atoms with Crippen molar-refractivity contribution in [3.05, 3.63) is 48.0 Å². The molecule has 8 heteroatoms. The number of rotatable bonds is 3. The molecular weight excluding hydrogens is 297 g/mol. The molecule has 0 amide bonds. The molecule has 1 aliphatic heterocycles. The molecule has 2 heterocycles. The summed E-state index contributed by atoms with van der Waals surface area (Å²) in [6.07, 6.45) is 2.13. The zero-order valence-corrected chi connectivity index (χ0v) is 11.4. The van der Waals surface area contributed by atoms with Gasteiger partial charge in [0.05, 0.1) is 30.7 Å². The molecule has 1 atom stereocenters. The van der Waals surface area contributed by atoms with Crippen LogP contribution in [-0.4, -0.2) is 27.6 Å². The lowest BCUT2D eigenvalue weighted by Gasteiger charge is -2.24. The normalized spacial score (nSPS) is 20.2. The summed E-state index contributed by atoms with van der Waals surface area (Å²) in [7, 11) is 0. The minimum Gasteiger partial charge on any atom is -0.328 e. The lowest BCUT2D eigenvalue weighted by molar-refractivity contribution is 0.0222. The predicted octanol–water partition coefficient (Wildman–Crippen LogP) is 3.00. The molecule has 22 heavy (non-hydrogen) atoms. The van der Waals surface area contributed by atoms with E-state index < -0.39 is 30.7 Å². The largest absolute Gasteiger partial charge is 0.328 e. The second-order valence-electron chi connectivity index (χ2n) is 5.14. The molecule has 0 bridgehead atoms. The van der Waals surface area contributed by atoms with Gasteiger partial charge in [-0.15, -0.1) is 0 Å². The molecular formula is C14H13F3N4O. The van der Waals surface area contributed by atoms with Crippen LogP contribution < -0.4 is 10.4 Å². The van der Waals surface area contributed by atoms with Crippen LogP contribution >= 0.6 is 0 Å². The molecule has 1 aliphatic rings. The first-order valence-corrected chi connectivity index (χ1v) is 6.60. The Balaban J connectivity index is 1.95. The quantitative estimate of drug-likeness (QED) is 0.853. The Bertz CT molecular complexity index is 665. The maximum atomic E-state index is 13.8. The maximum absolute atomic E-state index is 13.8. The lowest BCUT2D eigenvalue weighted by Crippen LogP contribution is -2.28. The van der Waals surface area contributed by atoms with Gasteiger partial charge in [-0.3, -0.25) is 10.7 Å². The molecule has 3 rings (SSSR count). The number of hydrogen-bond donors (Lipinski definition) is 2. The summed E-state index contributed by atoms with van der Waals surface area (Å²) in [5.74, 6) is -3.28. The van der Waals surface area contributed by atoms with Crippen LogP contribution in [0, 0.1) is 5.82 Å². The number of nitrogens with one attached hydrogen (secondary N) is 1. The fourth-order valence-electron chi connectivity index (χ4n) is 2.57. The number of anilines is 2. The number of benzene rings is 1. The van der Waals surface area contributed by atoms with Crippen LogP contribution in [0.15, 0.2) is 36.7 Å². The van der Waals surface area contributed by atoms with E-state index in [1.807, 2.05) is 5.48 Å². The number of alkyl halides is 2. The van der Waals surface area contributed by atoms with Gasteiger partial charge in [-0.05, 0) is 17.7 Å². The summed E-state index contributed by atoms with van der Waals surface area (Å²) in [4.78, 5) is 9.26. The van der Waals surface area contributed by atoms with E-state index in [0.717, 1.165) is 0 Å². The highest BCUT2D eigenvalue weighted by Crippen LogP contribution is 2.42. The molecule has 1 fully saturated rings. The van der Waals surface area contributed by atoms with Crippen LogP contribution in [-0.2, 0) is 0 Å². The summed E-state index contributed by atoms with van der Waals surface area (Å²) in [6.45, 7) is -0.542. The van der Waals surface area contributed by atoms with Gasteiger partial charge in [0.15, 0.2) is 0 Å². The van der Waals surface area contributed by atoms with E-state index >= 15 is 0 Å². The van der Waals surface area contributed by atoms with Crippen LogP contribution in [0.5, 0.6) is 0 Å². The van der Waals surface area contributed by atoms with E-state index in [4.69, 9.17) is 5.21 Å². The van der Waals surface area contributed by atoms with Crippen molar-refractivity contribution in [1.82, 2.24) is 9.97 Å². The molecule has 0 saturated carbocycles. The van der Waals surface area contributed by atoms with E-state index in [9.17, 15) is 13.2 Å². The van der Waals surface area contributed by atoms with Crippen LogP contribution in [0.4, 0.5) is 24.8 Å². The minimum absolute atomic E-state index is 0.102. The SMILES string of the molecule is ONc1cnc(N2CC(F)(F)CC2c2cccc(F)c2)nc1. The van der Waals surface area contributed by atoms with Gasteiger partial charge in [0.25, 0.3) is 5.92 Å². The van der Waals surface area contributed by atoms with Gasteiger partial charge < -0.3 is 4.90 Å². The molecule has 0 aliphatic carbocycles. The van der Waals surface area contributed by atoms with Gasteiger partial charge in [0.2, 0.25) is 5.95 Å². The van der Waals surface area contributed by atoms with Crippen LogP contribution in [0.1, 0.15) is 18.0 Å². The highest BCUT2D eigenvalue weighted by molar-refractivity contribution is 5.44. The molecule has 0 spiro atoms. The van der Waals surface area contributed by atoms with E-state index in [-0.39, 0.29) is 11.6 Å². The summed E-state index contributed by atoms with van der Waals surface area (Å²) < 4.78 is 41.0. The van der Waals surface area contributed by atoms with Crippen molar-refractivity contribution in [2.45, 2.75) is 18.4 Å². The number of halogens is 3. The Labute approximate surface area is 124 Å². The summed E-state index contributed by atoms with van der Waals surface area (Å²) in [5.41, 5.74) is 2.57. The van der Waals surface area contributed by atoms with Gasteiger partial charge in [0.1, 0.15) is 5.82 Å². The highest BCUT2D eigenvalue weighted by Gasteiger charge is 2.46. The number of aromatic nitrogens is 2. The lowest BCUT2D eigenvalue weighted by atomic mass is 10.0. The van der Waals surface area contributed by atoms with Crippen molar-refractivity contribution in [2.75, 3.05) is 16.9 Å². The smallest absolute Gasteiger partial charge is 0.267 e. The summed E-state index contributed by atoms with van der Waals surface area (Å²) in [6, 6.07) is 4.88. The Morgan fingerprint density at radius 3 is 2.64 bits per heavy atom. The standard InChI is InChI=1S/C14H13F3N4O/c15-10-3-1-2-9(4-10)12-5-14(16,17)8-21(12)13-18-6-11(20-22)7-19-13/h1-4,6-7,12,20,22H,5,8H2. The molecule has 2 N–H and O–H groups in total. The minimum atomic E-state index is -2.91. The third-order valence-corrected chi connectivity index (χ3v) is 3.53.